The smallest absolute Gasteiger partial charge is 0.366 e. The molecule has 3 N–H and O–H groups in total. The Morgan fingerprint density at radius 2 is 1.28 bits per heavy atom. The molecule has 0 aromatic rings. The molecule has 0 rings (SSSR count). The molecule has 0 aliphatic carbocycles. The second-order valence-corrected chi connectivity index (χ2v) is 9.49. The molecule has 0 heterocycles. The lowest BCUT2D eigenvalue weighted by atomic mass is 9.74. The minimum Gasteiger partial charge on any atom is -0.481 e. The Labute approximate surface area is 177 Å². The number of nitrogens with zero attached hydrogens (tertiary/aromatic N) is 1. The lowest BCUT2D eigenvalue weighted by molar-refractivity contribution is -0.918. The lowest BCUT2D eigenvalue weighted by Crippen LogP contribution is -2.67. The summed E-state index contributed by atoms with van der Waals surface area (Å²) in [6, 6.07) is 0. The summed E-state index contributed by atoms with van der Waals surface area (Å²) in [5, 5.41) is 29.6. The first-order valence-electron chi connectivity index (χ1n) is 11.5. The fourth-order valence-electron chi connectivity index (χ4n) is 4.38. The summed E-state index contributed by atoms with van der Waals surface area (Å²) < 4.78 is 0.0521. The molecule has 0 saturated carbocycles. The van der Waals surface area contributed by atoms with E-state index in [1.54, 1.807) is 28.1 Å². The third-order valence-electron chi connectivity index (χ3n) is 6.23. The molecule has 0 aliphatic heterocycles. The summed E-state index contributed by atoms with van der Waals surface area (Å²) in [7, 11) is 5.30. The van der Waals surface area contributed by atoms with E-state index in [9.17, 15) is 24.9 Å². The van der Waals surface area contributed by atoms with Gasteiger partial charge in [-0.05, 0) is 26.2 Å². The number of aliphatic carboxylic acids is 2. The normalized spacial score (nSPS) is 16.2. The maximum Gasteiger partial charge on any atom is 0.366 e. The molecule has 3 unspecified atom stereocenters. The first-order valence-corrected chi connectivity index (χ1v) is 11.5. The van der Waals surface area contributed by atoms with Gasteiger partial charge in [-0.2, -0.15) is 0 Å². The Morgan fingerprint density at radius 3 is 1.62 bits per heavy atom. The summed E-state index contributed by atoms with van der Waals surface area (Å²) in [6.45, 7) is 3.82. The number of carboxylic acids is 2. The first kappa shape index (κ1) is 27.9. The van der Waals surface area contributed by atoms with Crippen LogP contribution < -0.4 is 0 Å². The number of unbranched alkanes of at least 4 members (excludes halogenated alkanes) is 9. The van der Waals surface area contributed by atoms with E-state index in [1.807, 2.05) is 0 Å². The lowest BCUT2D eigenvalue weighted by Gasteiger charge is -2.46. The Morgan fingerprint density at radius 1 is 0.828 bits per heavy atom. The Bertz CT molecular complexity index is 472. The number of likely N-dealkylation sites (N-methyl/N-ethyl adjacent to an activating group) is 1. The molecule has 0 bridgehead atoms. The van der Waals surface area contributed by atoms with E-state index in [2.05, 4.69) is 6.92 Å². The summed E-state index contributed by atoms with van der Waals surface area (Å²) in [4.78, 5) is 24.4. The van der Waals surface area contributed by atoms with Crippen LogP contribution in [0, 0.1) is 5.92 Å². The van der Waals surface area contributed by atoms with Gasteiger partial charge in [-0.25, -0.2) is 4.79 Å². The van der Waals surface area contributed by atoms with Gasteiger partial charge in [0.15, 0.2) is 0 Å². The summed E-state index contributed by atoms with van der Waals surface area (Å²) in [5.74, 6) is -3.18. The van der Waals surface area contributed by atoms with Crippen LogP contribution in [0.1, 0.15) is 97.3 Å². The maximum absolute atomic E-state index is 12.4. The van der Waals surface area contributed by atoms with E-state index in [-0.39, 0.29) is 17.3 Å². The number of hydrogen-bond donors (Lipinski definition) is 3. The fourth-order valence-corrected chi connectivity index (χ4v) is 4.38. The molecule has 29 heavy (non-hydrogen) atoms. The molecule has 172 valence electrons. The van der Waals surface area contributed by atoms with Gasteiger partial charge < -0.3 is 19.8 Å². The van der Waals surface area contributed by atoms with Crippen LogP contribution in [0.4, 0.5) is 0 Å². The molecule has 0 amide bonds. The van der Waals surface area contributed by atoms with Crippen LogP contribution in [0.5, 0.6) is 0 Å². The van der Waals surface area contributed by atoms with Gasteiger partial charge in [-0.3, -0.25) is 4.79 Å². The van der Waals surface area contributed by atoms with Crippen LogP contribution in [0.3, 0.4) is 0 Å². The largest absolute Gasteiger partial charge is 0.481 e. The predicted molar refractivity (Wildman–Crippen MR) is 117 cm³/mol. The van der Waals surface area contributed by atoms with Crippen molar-refractivity contribution < 1.29 is 29.4 Å². The first-order chi connectivity index (χ1) is 13.5. The second-order valence-electron chi connectivity index (χ2n) is 9.49. The minimum absolute atomic E-state index is 0.0521. The highest BCUT2D eigenvalue weighted by molar-refractivity contribution is 5.85. The SMILES string of the molecule is CCCCCCCCCCCCC(C(=O)O)(C(CCC(C)O)C(=O)O)[N+](C)(C)C. The summed E-state index contributed by atoms with van der Waals surface area (Å²) in [6.07, 6.45) is 11.6. The van der Waals surface area contributed by atoms with E-state index >= 15 is 0 Å². The van der Waals surface area contributed by atoms with Crippen LogP contribution in [0.2, 0.25) is 0 Å². The molecule has 0 aromatic carbocycles. The fraction of sp³-hybridized carbons (Fsp3) is 0.913. The average molecular weight is 417 g/mol. The maximum atomic E-state index is 12.4. The highest BCUT2D eigenvalue weighted by Gasteiger charge is 2.58. The van der Waals surface area contributed by atoms with Gasteiger partial charge >= 0.3 is 11.9 Å². The zero-order chi connectivity index (χ0) is 22.5. The molecule has 0 aliphatic rings. The number of rotatable bonds is 18. The Balaban J connectivity index is 4.90. The molecular weight excluding hydrogens is 370 g/mol. The van der Waals surface area contributed by atoms with Crippen molar-refractivity contribution in [2.45, 2.75) is 109 Å². The minimum atomic E-state index is -1.40. The zero-order valence-electron chi connectivity index (χ0n) is 19.5. The average Bonchev–Trinajstić information content (AvgIpc) is 2.59. The molecule has 3 atom stereocenters. The van der Waals surface area contributed by atoms with E-state index in [0.717, 1.165) is 19.3 Å². The van der Waals surface area contributed by atoms with Crippen LogP contribution in [-0.2, 0) is 9.59 Å². The Kier molecular flexibility index (Phi) is 13.4. The molecule has 0 fully saturated rings. The van der Waals surface area contributed by atoms with Crippen molar-refractivity contribution in [3.63, 3.8) is 0 Å². The number of carbonyl (C=O) groups is 2. The molecule has 0 spiro atoms. The van der Waals surface area contributed by atoms with Crippen molar-refractivity contribution in [1.29, 1.82) is 0 Å². The van der Waals surface area contributed by atoms with Crippen molar-refractivity contribution in [2.75, 3.05) is 21.1 Å². The third-order valence-corrected chi connectivity index (χ3v) is 6.23. The molecule has 6 heteroatoms. The molecule has 0 saturated heterocycles. The quantitative estimate of drug-likeness (QED) is 0.223. The molecule has 0 radical (unpaired) electrons. The van der Waals surface area contributed by atoms with Crippen molar-refractivity contribution in [1.82, 2.24) is 0 Å². The summed E-state index contributed by atoms with van der Waals surface area (Å²) in [5.41, 5.74) is -1.40. The van der Waals surface area contributed by atoms with Crippen LogP contribution >= 0.6 is 0 Å². The van der Waals surface area contributed by atoms with Crippen LogP contribution in [0.25, 0.3) is 0 Å². The van der Waals surface area contributed by atoms with Crippen molar-refractivity contribution in [2.24, 2.45) is 5.92 Å². The van der Waals surface area contributed by atoms with E-state index in [1.165, 1.54) is 38.5 Å². The second kappa shape index (κ2) is 14.0. The molecular formula is C23H46NO5+. The van der Waals surface area contributed by atoms with Gasteiger partial charge in [0.05, 0.1) is 27.2 Å². The predicted octanol–water partition coefficient (Wildman–Crippen LogP) is 4.69. The van der Waals surface area contributed by atoms with Gasteiger partial charge in [0.1, 0.15) is 5.92 Å². The number of quaternary nitrogens is 1. The van der Waals surface area contributed by atoms with Crippen LogP contribution in [-0.4, -0.2) is 64.5 Å². The van der Waals surface area contributed by atoms with Crippen LogP contribution in [0.15, 0.2) is 0 Å². The number of carboxylic acid groups (broad SMARTS) is 2. The van der Waals surface area contributed by atoms with Crippen molar-refractivity contribution >= 4 is 11.9 Å². The zero-order valence-corrected chi connectivity index (χ0v) is 19.5. The van der Waals surface area contributed by atoms with Gasteiger partial charge in [-0.1, -0.05) is 64.7 Å². The van der Waals surface area contributed by atoms with Gasteiger partial charge in [-0.15, -0.1) is 0 Å². The monoisotopic (exact) mass is 416 g/mol. The van der Waals surface area contributed by atoms with Crippen molar-refractivity contribution in [3.8, 4) is 0 Å². The third kappa shape index (κ3) is 9.47. The van der Waals surface area contributed by atoms with Gasteiger partial charge in [0.25, 0.3) is 0 Å². The number of aliphatic hydroxyl groups excluding tert-OH is 1. The standard InChI is InChI=1S/C23H45NO5/c1-6-7-8-9-10-11-12-13-14-15-18-23(22(28)29,24(3,4)5)20(21(26)27)17-16-19(2)25/h19-20,25H,6-18H2,1-5H3,(H-,26,27,28,29)/p+1. The highest BCUT2D eigenvalue weighted by atomic mass is 16.4. The Hall–Kier alpha value is -1.14. The van der Waals surface area contributed by atoms with E-state index < -0.39 is 29.5 Å². The topological polar surface area (TPSA) is 94.8 Å². The van der Waals surface area contributed by atoms with Crippen molar-refractivity contribution in [3.05, 3.63) is 0 Å². The van der Waals surface area contributed by atoms with Gasteiger partial charge in [0, 0.05) is 6.42 Å². The molecule has 6 nitrogen and oxygen atoms in total. The number of hydrogen-bond acceptors (Lipinski definition) is 3. The van der Waals surface area contributed by atoms with E-state index in [0.29, 0.717) is 12.8 Å². The highest BCUT2D eigenvalue weighted by Crippen LogP contribution is 2.37. The van der Waals surface area contributed by atoms with E-state index in [4.69, 9.17) is 0 Å². The molecule has 0 aromatic heterocycles. The summed E-state index contributed by atoms with van der Waals surface area (Å²) >= 11 is 0. The number of aliphatic hydroxyl groups is 1. The van der Waals surface area contributed by atoms with Gasteiger partial charge in [0.2, 0.25) is 5.54 Å².